The lowest BCUT2D eigenvalue weighted by Crippen LogP contribution is -2.39. The molecular weight excluding hydrogens is 168 g/mol. The van der Waals surface area contributed by atoms with Crippen LogP contribution in [0.5, 0.6) is 0 Å². The van der Waals surface area contributed by atoms with Gasteiger partial charge in [-0.3, -0.25) is 4.79 Å². The highest BCUT2D eigenvalue weighted by atomic mass is 16.6. The summed E-state index contributed by atoms with van der Waals surface area (Å²) in [4.78, 5) is 20.4. The Morgan fingerprint density at radius 2 is 2.00 bits per heavy atom. The van der Waals surface area contributed by atoms with Gasteiger partial charge in [0.05, 0.1) is 6.61 Å². The number of hydrogen-bond acceptors (Lipinski definition) is 5. The van der Waals surface area contributed by atoms with Gasteiger partial charge in [0.15, 0.2) is 12.2 Å². The molecule has 70 valence electrons. The van der Waals surface area contributed by atoms with Crippen LogP contribution in [0.2, 0.25) is 0 Å². The van der Waals surface area contributed by atoms with E-state index in [4.69, 9.17) is 15.3 Å². The Morgan fingerprint density at radius 1 is 1.50 bits per heavy atom. The largest absolute Gasteiger partial charge is 0.479 e. The zero-order valence-electron chi connectivity index (χ0n) is 6.43. The van der Waals surface area contributed by atoms with Gasteiger partial charge in [-0.05, 0) is 0 Å². The Balaban J connectivity index is 4.14. The normalized spacial score (nSPS) is 14.9. The standard InChI is InChI=1S/C6H10O6/c1-3(8)12-4(2-7)5(9)6(10)11/h4-5,7,9H,2H2,1H3,(H,10,11). The molecule has 12 heavy (non-hydrogen) atoms. The highest BCUT2D eigenvalue weighted by molar-refractivity contribution is 5.74. The molecule has 0 aromatic carbocycles. The van der Waals surface area contributed by atoms with E-state index in [9.17, 15) is 9.59 Å². The first-order valence-corrected chi connectivity index (χ1v) is 3.18. The van der Waals surface area contributed by atoms with Crippen LogP contribution in [0.25, 0.3) is 0 Å². The highest BCUT2D eigenvalue weighted by Crippen LogP contribution is 1.99. The van der Waals surface area contributed by atoms with Crippen LogP contribution in [0.4, 0.5) is 0 Å². The molecule has 0 amide bonds. The number of aliphatic hydroxyl groups excluding tert-OH is 2. The van der Waals surface area contributed by atoms with Crippen molar-refractivity contribution in [2.24, 2.45) is 0 Å². The lowest BCUT2D eigenvalue weighted by Gasteiger charge is -2.16. The fourth-order valence-electron chi connectivity index (χ4n) is 0.574. The van der Waals surface area contributed by atoms with Crippen LogP contribution in [-0.4, -0.2) is 46.1 Å². The molecule has 0 spiro atoms. The van der Waals surface area contributed by atoms with Crippen molar-refractivity contribution in [1.29, 1.82) is 0 Å². The molecule has 0 aliphatic heterocycles. The summed E-state index contributed by atoms with van der Waals surface area (Å²) in [6.07, 6.45) is -3.29. The smallest absolute Gasteiger partial charge is 0.336 e. The van der Waals surface area contributed by atoms with E-state index in [1.165, 1.54) is 0 Å². The van der Waals surface area contributed by atoms with Crippen LogP contribution in [0.15, 0.2) is 0 Å². The zero-order chi connectivity index (χ0) is 9.72. The maximum Gasteiger partial charge on any atom is 0.336 e. The number of ether oxygens (including phenoxy) is 1. The van der Waals surface area contributed by atoms with E-state index in [1.54, 1.807) is 0 Å². The van der Waals surface area contributed by atoms with Crippen LogP contribution < -0.4 is 0 Å². The molecule has 6 heteroatoms. The topological polar surface area (TPSA) is 104 Å². The molecule has 0 aliphatic rings. The van der Waals surface area contributed by atoms with Gasteiger partial charge in [-0.2, -0.15) is 0 Å². The second kappa shape index (κ2) is 4.68. The predicted octanol–water partition coefficient (Wildman–Crippen LogP) is -1.64. The number of aliphatic carboxylic acids is 1. The van der Waals surface area contributed by atoms with Crippen molar-refractivity contribution < 1.29 is 29.6 Å². The van der Waals surface area contributed by atoms with Crippen LogP contribution >= 0.6 is 0 Å². The number of carbonyl (C=O) groups is 2. The summed E-state index contributed by atoms with van der Waals surface area (Å²) in [6, 6.07) is 0. The summed E-state index contributed by atoms with van der Waals surface area (Å²) in [5, 5.41) is 25.5. The van der Waals surface area contributed by atoms with Gasteiger partial charge in [0.2, 0.25) is 0 Å². The average molecular weight is 178 g/mol. The quantitative estimate of drug-likeness (QED) is 0.446. The van der Waals surface area contributed by atoms with Crippen molar-refractivity contribution in [2.45, 2.75) is 19.1 Å². The SMILES string of the molecule is CC(=O)OC(CO)C(O)C(=O)O. The van der Waals surface area contributed by atoms with Crippen molar-refractivity contribution >= 4 is 11.9 Å². The second-order valence-electron chi connectivity index (χ2n) is 2.11. The van der Waals surface area contributed by atoms with Gasteiger partial charge in [0.25, 0.3) is 0 Å². The van der Waals surface area contributed by atoms with Crippen LogP contribution in [0.3, 0.4) is 0 Å². The van der Waals surface area contributed by atoms with Gasteiger partial charge < -0.3 is 20.1 Å². The molecule has 0 aromatic rings. The summed E-state index contributed by atoms with van der Waals surface area (Å²) < 4.78 is 4.30. The van der Waals surface area contributed by atoms with Gasteiger partial charge in [-0.15, -0.1) is 0 Å². The summed E-state index contributed by atoms with van der Waals surface area (Å²) in [6.45, 7) is 0.324. The monoisotopic (exact) mass is 178 g/mol. The Labute approximate surface area is 68.4 Å². The van der Waals surface area contributed by atoms with E-state index >= 15 is 0 Å². The first kappa shape index (κ1) is 10.9. The molecule has 0 saturated carbocycles. The fourth-order valence-corrected chi connectivity index (χ4v) is 0.574. The maximum absolute atomic E-state index is 10.3. The van der Waals surface area contributed by atoms with Crippen molar-refractivity contribution in [3.8, 4) is 0 Å². The molecule has 0 aliphatic carbocycles. The number of rotatable bonds is 4. The third-order valence-corrected chi connectivity index (χ3v) is 1.10. The molecule has 0 rings (SSSR count). The molecule has 0 aromatic heterocycles. The molecule has 3 N–H and O–H groups in total. The third kappa shape index (κ3) is 3.31. The van der Waals surface area contributed by atoms with Gasteiger partial charge in [-0.1, -0.05) is 0 Å². The van der Waals surface area contributed by atoms with Crippen LogP contribution in [-0.2, 0) is 14.3 Å². The van der Waals surface area contributed by atoms with Gasteiger partial charge in [0, 0.05) is 6.92 Å². The number of carbonyl (C=O) groups excluding carboxylic acids is 1. The highest BCUT2D eigenvalue weighted by Gasteiger charge is 2.27. The Kier molecular flexibility index (Phi) is 4.24. The zero-order valence-corrected chi connectivity index (χ0v) is 6.43. The van der Waals surface area contributed by atoms with E-state index in [-0.39, 0.29) is 0 Å². The van der Waals surface area contributed by atoms with E-state index in [1.807, 2.05) is 0 Å². The van der Waals surface area contributed by atoms with Gasteiger partial charge in [-0.25, -0.2) is 4.79 Å². The Morgan fingerprint density at radius 3 is 2.25 bits per heavy atom. The lowest BCUT2D eigenvalue weighted by atomic mass is 10.2. The van der Waals surface area contributed by atoms with Gasteiger partial charge in [0.1, 0.15) is 0 Å². The molecule has 6 nitrogen and oxygen atoms in total. The first-order valence-electron chi connectivity index (χ1n) is 3.18. The fraction of sp³-hybridized carbons (Fsp3) is 0.667. The molecule has 0 heterocycles. The minimum absolute atomic E-state index is 0.729. The van der Waals surface area contributed by atoms with E-state index in [0.717, 1.165) is 6.92 Å². The molecule has 0 fully saturated rings. The van der Waals surface area contributed by atoms with Crippen molar-refractivity contribution in [3.63, 3.8) is 0 Å². The first-order chi connectivity index (χ1) is 5.49. The van der Waals surface area contributed by atoms with E-state index in [0.29, 0.717) is 0 Å². The van der Waals surface area contributed by atoms with E-state index in [2.05, 4.69) is 4.74 Å². The summed E-state index contributed by atoms with van der Waals surface area (Å²) >= 11 is 0. The lowest BCUT2D eigenvalue weighted by molar-refractivity contribution is -0.167. The molecule has 2 atom stereocenters. The number of carboxylic acids is 1. The van der Waals surface area contributed by atoms with Crippen molar-refractivity contribution in [1.82, 2.24) is 0 Å². The number of aliphatic hydroxyl groups is 2. The number of carboxylic acid groups (broad SMARTS) is 1. The average Bonchev–Trinajstić information content (AvgIpc) is 1.98. The molecule has 0 bridgehead atoms. The summed E-state index contributed by atoms with van der Waals surface area (Å²) in [5.41, 5.74) is 0. The van der Waals surface area contributed by atoms with Crippen molar-refractivity contribution in [2.75, 3.05) is 6.61 Å². The van der Waals surface area contributed by atoms with Gasteiger partial charge >= 0.3 is 11.9 Å². The number of esters is 1. The predicted molar refractivity (Wildman–Crippen MR) is 36.3 cm³/mol. The molecule has 2 unspecified atom stereocenters. The maximum atomic E-state index is 10.3. The molecular formula is C6H10O6. The third-order valence-electron chi connectivity index (χ3n) is 1.10. The molecule has 0 radical (unpaired) electrons. The van der Waals surface area contributed by atoms with Crippen LogP contribution in [0, 0.1) is 0 Å². The summed E-state index contributed by atoms with van der Waals surface area (Å²) in [5.74, 6) is -2.30. The minimum Gasteiger partial charge on any atom is -0.479 e. The Bertz CT molecular complexity index is 177. The van der Waals surface area contributed by atoms with E-state index < -0.39 is 30.8 Å². The van der Waals surface area contributed by atoms with Crippen molar-refractivity contribution in [3.05, 3.63) is 0 Å². The van der Waals surface area contributed by atoms with Crippen LogP contribution in [0.1, 0.15) is 6.92 Å². The minimum atomic E-state index is -1.89. The summed E-state index contributed by atoms with van der Waals surface area (Å²) in [7, 11) is 0. The number of hydrogen-bond donors (Lipinski definition) is 3. The second-order valence-corrected chi connectivity index (χ2v) is 2.11. The Hall–Kier alpha value is -1.14. The molecule has 0 saturated heterocycles.